The van der Waals surface area contributed by atoms with Crippen LogP contribution in [0.1, 0.15) is 12.5 Å². The first-order valence-electron chi connectivity index (χ1n) is 5.45. The summed E-state index contributed by atoms with van der Waals surface area (Å²) in [5, 5.41) is 19.1. The summed E-state index contributed by atoms with van der Waals surface area (Å²) < 4.78 is 0. The molecule has 0 unspecified atom stereocenters. The lowest BCUT2D eigenvalue weighted by atomic mass is 10.2. The van der Waals surface area contributed by atoms with Crippen LogP contribution in [-0.4, -0.2) is 29.7 Å². The first kappa shape index (κ1) is 13.2. The molecule has 0 spiro atoms. The van der Waals surface area contributed by atoms with Crippen LogP contribution in [0.2, 0.25) is 0 Å². The molecule has 0 heterocycles. The zero-order valence-electron chi connectivity index (χ0n) is 9.74. The molecule has 0 aliphatic rings. The summed E-state index contributed by atoms with van der Waals surface area (Å²) in [5.74, 6) is 0. The van der Waals surface area contributed by atoms with Crippen molar-refractivity contribution in [3.8, 4) is 0 Å². The van der Waals surface area contributed by atoms with Gasteiger partial charge in [0, 0.05) is 24.9 Å². The molecule has 1 rings (SSSR count). The average Bonchev–Trinajstić information content (AvgIpc) is 2.34. The van der Waals surface area contributed by atoms with Crippen molar-refractivity contribution in [2.24, 2.45) is 0 Å². The third-order valence-electron chi connectivity index (χ3n) is 2.40. The average molecular weight is 236 g/mol. The lowest BCUT2D eigenvalue weighted by molar-refractivity contribution is -0.400. The normalized spacial score (nSPS) is 10.7. The van der Waals surface area contributed by atoms with E-state index in [1.54, 1.807) is 0 Å². The molecule has 5 nitrogen and oxygen atoms in total. The van der Waals surface area contributed by atoms with E-state index in [2.05, 4.69) is 0 Å². The van der Waals surface area contributed by atoms with E-state index < -0.39 is 4.92 Å². The Kier molecular flexibility index (Phi) is 5.16. The number of anilines is 1. The van der Waals surface area contributed by atoms with Crippen LogP contribution in [0.4, 0.5) is 5.69 Å². The Morgan fingerprint density at radius 3 is 2.53 bits per heavy atom. The predicted octanol–water partition coefficient (Wildman–Crippen LogP) is 1.75. The standard InChI is InChI=1S/C12H16N2O3/c1-2-13(9-10-15)12-5-3-11(4-6-12)7-8-14(16)17/h3-8,15H,2,9-10H2,1H3. The van der Waals surface area contributed by atoms with Gasteiger partial charge in [0.25, 0.3) is 0 Å². The van der Waals surface area contributed by atoms with Crippen molar-refractivity contribution in [3.05, 3.63) is 46.1 Å². The molecule has 0 aliphatic carbocycles. The van der Waals surface area contributed by atoms with E-state index in [-0.39, 0.29) is 6.61 Å². The second-order valence-corrected chi connectivity index (χ2v) is 3.50. The SMILES string of the molecule is CCN(CCO)c1ccc(C=C[N+](=O)[O-])cc1. The molecule has 0 bridgehead atoms. The van der Waals surface area contributed by atoms with E-state index in [0.717, 1.165) is 24.0 Å². The van der Waals surface area contributed by atoms with Crippen LogP contribution >= 0.6 is 0 Å². The number of benzene rings is 1. The fourth-order valence-electron chi connectivity index (χ4n) is 1.53. The van der Waals surface area contributed by atoms with Crippen LogP contribution < -0.4 is 4.90 Å². The molecule has 17 heavy (non-hydrogen) atoms. The Morgan fingerprint density at radius 2 is 2.06 bits per heavy atom. The maximum absolute atomic E-state index is 10.2. The Balaban J connectivity index is 2.76. The molecular formula is C12H16N2O3. The minimum absolute atomic E-state index is 0.108. The summed E-state index contributed by atoms with van der Waals surface area (Å²) >= 11 is 0. The Hall–Kier alpha value is -1.88. The van der Waals surface area contributed by atoms with Crippen molar-refractivity contribution >= 4 is 11.8 Å². The molecule has 0 aromatic heterocycles. The number of aliphatic hydroxyl groups excluding tert-OH is 1. The van der Waals surface area contributed by atoms with E-state index in [4.69, 9.17) is 5.11 Å². The fourth-order valence-corrected chi connectivity index (χ4v) is 1.53. The minimum Gasteiger partial charge on any atom is -0.395 e. The number of likely N-dealkylation sites (N-methyl/N-ethyl adjacent to an activating group) is 1. The monoisotopic (exact) mass is 236 g/mol. The molecule has 1 aromatic rings. The van der Waals surface area contributed by atoms with Crippen molar-refractivity contribution in [3.63, 3.8) is 0 Å². The van der Waals surface area contributed by atoms with Crippen molar-refractivity contribution in [2.45, 2.75) is 6.92 Å². The second-order valence-electron chi connectivity index (χ2n) is 3.50. The summed E-state index contributed by atoms with van der Waals surface area (Å²) in [6.45, 7) is 3.51. The zero-order chi connectivity index (χ0) is 12.7. The molecule has 0 radical (unpaired) electrons. The smallest absolute Gasteiger partial charge is 0.235 e. The molecular weight excluding hydrogens is 220 g/mol. The largest absolute Gasteiger partial charge is 0.395 e. The van der Waals surface area contributed by atoms with Gasteiger partial charge in [0.15, 0.2) is 0 Å². The van der Waals surface area contributed by atoms with Gasteiger partial charge in [-0.2, -0.15) is 0 Å². The third-order valence-corrected chi connectivity index (χ3v) is 2.40. The van der Waals surface area contributed by atoms with E-state index in [1.165, 1.54) is 6.08 Å². The molecule has 0 aliphatic heterocycles. The molecule has 1 aromatic carbocycles. The van der Waals surface area contributed by atoms with Crippen molar-refractivity contribution in [2.75, 3.05) is 24.6 Å². The lowest BCUT2D eigenvalue weighted by Crippen LogP contribution is -2.25. The topological polar surface area (TPSA) is 66.6 Å². The zero-order valence-corrected chi connectivity index (χ0v) is 9.74. The van der Waals surface area contributed by atoms with Gasteiger partial charge in [-0.3, -0.25) is 10.1 Å². The second kappa shape index (κ2) is 6.65. The summed E-state index contributed by atoms with van der Waals surface area (Å²) in [4.78, 5) is 11.7. The predicted molar refractivity (Wildman–Crippen MR) is 67.4 cm³/mol. The number of nitrogens with zero attached hydrogens (tertiary/aromatic N) is 2. The van der Waals surface area contributed by atoms with E-state index >= 15 is 0 Å². The summed E-state index contributed by atoms with van der Waals surface area (Å²) in [6, 6.07) is 7.41. The van der Waals surface area contributed by atoms with Gasteiger partial charge in [0.2, 0.25) is 6.20 Å². The summed E-state index contributed by atoms with van der Waals surface area (Å²) in [6.07, 6.45) is 2.37. The van der Waals surface area contributed by atoms with Crippen LogP contribution in [0.3, 0.4) is 0 Å². The van der Waals surface area contributed by atoms with Gasteiger partial charge >= 0.3 is 0 Å². The van der Waals surface area contributed by atoms with Crippen LogP contribution in [0, 0.1) is 10.1 Å². The molecule has 0 amide bonds. The highest BCUT2D eigenvalue weighted by Gasteiger charge is 2.02. The van der Waals surface area contributed by atoms with Crippen LogP contribution in [-0.2, 0) is 0 Å². The maximum atomic E-state index is 10.2. The number of rotatable bonds is 6. The third kappa shape index (κ3) is 4.24. The van der Waals surface area contributed by atoms with Gasteiger partial charge in [0.1, 0.15) is 0 Å². The number of hydrogen-bond donors (Lipinski definition) is 1. The van der Waals surface area contributed by atoms with Crippen LogP contribution in [0.15, 0.2) is 30.5 Å². The molecule has 0 saturated heterocycles. The van der Waals surface area contributed by atoms with Crippen molar-refractivity contribution < 1.29 is 10.0 Å². The Morgan fingerprint density at radius 1 is 1.41 bits per heavy atom. The molecule has 0 saturated carbocycles. The highest BCUT2D eigenvalue weighted by Crippen LogP contribution is 2.15. The first-order valence-corrected chi connectivity index (χ1v) is 5.45. The molecule has 5 heteroatoms. The fraction of sp³-hybridized carbons (Fsp3) is 0.333. The van der Waals surface area contributed by atoms with Gasteiger partial charge in [-0.25, -0.2) is 0 Å². The Labute approximate surface area is 100 Å². The minimum atomic E-state index is -0.488. The van der Waals surface area contributed by atoms with Gasteiger partial charge in [-0.05, 0) is 24.6 Å². The van der Waals surface area contributed by atoms with Crippen molar-refractivity contribution in [1.29, 1.82) is 0 Å². The van der Waals surface area contributed by atoms with Gasteiger partial charge < -0.3 is 10.0 Å². The van der Waals surface area contributed by atoms with Gasteiger partial charge in [-0.15, -0.1) is 0 Å². The van der Waals surface area contributed by atoms with Crippen molar-refractivity contribution in [1.82, 2.24) is 0 Å². The highest BCUT2D eigenvalue weighted by atomic mass is 16.6. The van der Waals surface area contributed by atoms with Gasteiger partial charge in [-0.1, -0.05) is 12.1 Å². The van der Waals surface area contributed by atoms with Crippen LogP contribution in [0.5, 0.6) is 0 Å². The van der Waals surface area contributed by atoms with E-state index in [1.807, 2.05) is 36.1 Å². The maximum Gasteiger partial charge on any atom is 0.235 e. The first-order chi connectivity index (χ1) is 8.17. The summed E-state index contributed by atoms with van der Waals surface area (Å²) in [7, 11) is 0. The molecule has 1 N–H and O–H groups in total. The number of aliphatic hydroxyl groups is 1. The van der Waals surface area contributed by atoms with Gasteiger partial charge in [0.05, 0.1) is 11.5 Å². The molecule has 0 fully saturated rings. The quantitative estimate of drug-likeness (QED) is 0.603. The molecule has 92 valence electrons. The Bertz CT molecular complexity index is 387. The van der Waals surface area contributed by atoms with E-state index in [0.29, 0.717) is 6.54 Å². The van der Waals surface area contributed by atoms with Crippen LogP contribution in [0.25, 0.3) is 6.08 Å². The van der Waals surface area contributed by atoms with E-state index in [9.17, 15) is 10.1 Å². The summed E-state index contributed by atoms with van der Waals surface area (Å²) in [5.41, 5.74) is 1.78. The number of hydrogen-bond acceptors (Lipinski definition) is 4. The number of nitro groups is 1. The highest BCUT2D eigenvalue weighted by molar-refractivity contribution is 5.55. The lowest BCUT2D eigenvalue weighted by Gasteiger charge is -2.21. The molecule has 0 atom stereocenters.